The minimum atomic E-state index is -0.230. The van der Waals surface area contributed by atoms with Crippen LogP contribution in [0.25, 0.3) is 0 Å². The number of aliphatic hydroxyl groups excluding tert-OH is 1. The molecule has 0 saturated carbocycles. The van der Waals surface area contributed by atoms with Gasteiger partial charge < -0.3 is 10.0 Å². The zero-order chi connectivity index (χ0) is 13.2. The number of hydrogen-bond donors (Lipinski definition) is 1. The number of aliphatic hydroxyl groups is 1. The van der Waals surface area contributed by atoms with E-state index >= 15 is 0 Å². The van der Waals surface area contributed by atoms with Crippen LogP contribution in [0.4, 0.5) is 10.1 Å². The van der Waals surface area contributed by atoms with Gasteiger partial charge in [0.25, 0.3) is 0 Å². The summed E-state index contributed by atoms with van der Waals surface area (Å²) < 4.78 is 14.3. The van der Waals surface area contributed by atoms with E-state index in [4.69, 9.17) is 5.11 Å². The minimum Gasteiger partial charge on any atom is -0.392 e. The van der Waals surface area contributed by atoms with Crippen LogP contribution in [0.5, 0.6) is 0 Å². The average Bonchev–Trinajstić information content (AvgIpc) is 2.50. The smallest absolute Gasteiger partial charge is 0.146 e. The Labute approximate surface area is 112 Å². The van der Waals surface area contributed by atoms with Gasteiger partial charge in [0, 0.05) is 23.6 Å². The predicted octanol–water partition coefficient (Wildman–Crippen LogP) is 3.04. The Hall–Kier alpha value is -0.740. The van der Waals surface area contributed by atoms with E-state index in [1.165, 1.54) is 6.07 Å². The first-order chi connectivity index (χ1) is 8.52. The van der Waals surface area contributed by atoms with Crippen LogP contribution < -0.4 is 4.90 Å². The van der Waals surface area contributed by atoms with E-state index in [0.717, 1.165) is 25.3 Å². The Morgan fingerprint density at radius 3 is 2.83 bits per heavy atom. The average molecular weight is 269 g/mol. The first kappa shape index (κ1) is 13.7. The van der Waals surface area contributed by atoms with Crippen molar-refractivity contribution in [3.05, 3.63) is 29.6 Å². The van der Waals surface area contributed by atoms with Crippen LogP contribution in [0.15, 0.2) is 18.2 Å². The molecule has 1 heterocycles. The van der Waals surface area contributed by atoms with Gasteiger partial charge in [0.2, 0.25) is 0 Å². The monoisotopic (exact) mass is 269 g/mol. The topological polar surface area (TPSA) is 23.5 Å². The molecule has 2 rings (SSSR count). The first-order valence-electron chi connectivity index (χ1n) is 6.30. The molecule has 1 aromatic carbocycles. The summed E-state index contributed by atoms with van der Waals surface area (Å²) in [6.07, 6.45) is 1.05. The van der Waals surface area contributed by atoms with Gasteiger partial charge in [-0.15, -0.1) is 0 Å². The van der Waals surface area contributed by atoms with Gasteiger partial charge in [0.15, 0.2) is 0 Å². The van der Waals surface area contributed by atoms with Crippen LogP contribution >= 0.6 is 11.8 Å². The van der Waals surface area contributed by atoms with E-state index in [-0.39, 0.29) is 17.2 Å². The van der Waals surface area contributed by atoms with Crippen molar-refractivity contribution in [1.82, 2.24) is 0 Å². The highest BCUT2D eigenvalue weighted by Gasteiger charge is 2.24. The quantitative estimate of drug-likeness (QED) is 0.892. The fourth-order valence-electron chi connectivity index (χ4n) is 2.17. The lowest BCUT2D eigenvalue weighted by Crippen LogP contribution is -2.27. The fraction of sp³-hybridized carbons (Fsp3) is 0.571. The summed E-state index contributed by atoms with van der Waals surface area (Å²) in [6, 6.07) is 5.00. The van der Waals surface area contributed by atoms with E-state index in [9.17, 15) is 4.39 Å². The zero-order valence-electron chi connectivity index (χ0n) is 10.9. The molecule has 0 aromatic heterocycles. The van der Waals surface area contributed by atoms with E-state index in [2.05, 4.69) is 18.7 Å². The summed E-state index contributed by atoms with van der Waals surface area (Å²) in [7, 11) is 0. The molecule has 0 bridgehead atoms. The van der Waals surface area contributed by atoms with E-state index in [1.807, 2.05) is 11.8 Å². The first-order valence-corrected chi connectivity index (χ1v) is 7.28. The zero-order valence-corrected chi connectivity index (χ0v) is 11.8. The third kappa shape index (κ3) is 3.18. The maximum Gasteiger partial charge on any atom is 0.146 e. The van der Waals surface area contributed by atoms with Gasteiger partial charge in [0.1, 0.15) is 5.82 Å². The minimum absolute atomic E-state index is 0.111. The molecule has 0 aliphatic carbocycles. The van der Waals surface area contributed by atoms with Crippen molar-refractivity contribution >= 4 is 17.4 Å². The van der Waals surface area contributed by atoms with Crippen LogP contribution in [0.3, 0.4) is 0 Å². The predicted molar refractivity (Wildman–Crippen MR) is 75.7 cm³/mol. The van der Waals surface area contributed by atoms with Crippen molar-refractivity contribution in [2.75, 3.05) is 23.7 Å². The Morgan fingerprint density at radius 2 is 2.17 bits per heavy atom. The van der Waals surface area contributed by atoms with Crippen LogP contribution in [0.1, 0.15) is 25.8 Å². The third-order valence-electron chi connectivity index (χ3n) is 3.37. The second kappa shape index (κ2) is 5.49. The summed E-state index contributed by atoms with van der Waals surface area (Å²) in [6.45, 7) is 6.14. The van der Waals surface area contributed by atoms with Crippen molar-refractivity contribution in [3.8, 4) is 0 Å². The molecule has 4 heteroatoms. The van der Waals surface area contributed by atoms with Crippen LogP contribution in [0.2, 0.25) is 0 Å². The van der Waals surface area contributed by atoms with Gasteiger partial charge in [-0.25, -0.2) is 4.39 Å². The summed E-state index contributed by atoms with van der Waals surface area (Å²) in [4.78, 5) is 2.11. The normalized spacial score (nSPS) is 19.7. The largest absolute Gasteiger partial charge is 0.392 e. The Bertz CT molecular complexity index is 422. The molecule has 0 spiro atoms. The number of anilines is 1. The van der Waals surface area contributed by atoms with Crippen molar-refractivity contribution in [2.24, 2.45) is 0 Å². The lowest BCUT2D eigenvalue weighted by molar-refractivity contribution is 0.281. The molecule has 1 aliphatic heterocycles. The standard InChI is InChI=1S/C14H20FNOS/c1-14(2)5-6-16(7-8-18-14)13-4-3-11(10-17)9-12(13)15/h3-4,9,17H,5-8,10H2,1-2H3. The summed E-state index contributed by atoms with van der Waals surface area (Å²) in [5.74, 6) is 0.792. The summed E-state index contributed by atoms with van der Waals surface area (Å²) in [5.41, 5.74) is 1.28. The third-order valence-corrected chi connectivity index (χ3v) is 4.75. The number of halogens is 1. The number of rotatable bonds is 2. The molecule has 1 N–H and O–H groups in total. The fourth-order valence-corrected chi connectivity index (χ4v) is 3.27. The molecule has 0 amide bonds. The van der Waals surface area contributed by atoms with Crippen LogP contribution in [-0.4, -0.2) is 28.7 Å². The Balaban J connectivity index is 2.16. The highest BCUT2D eigenvalue weighted by atomic mass is 32.2. The van der Waals surface area contributed by atoms with Crippen molar-refractivity contribution in [1.29, 1.82) is 0 Å². The molecule has 0 unspecified atom stereocenters. The molecule has 100 valence electrons. The molecular weight excluding hydrogens is 249 g/mol. The van der Waals surface area contributed by atoms with Gasteiger partial charge >= 0.3 is 0 Å². The highest BCUT2D eigenvalue weighted by molar-refractivity contribution is 8.00. The van der Waals surface area contributed by atoms with Gasteiger partial charge in [0.05, 0.1) is 12.3 Å². The Kier molecular flexibility index (Phi) is 4.17. The SMILES string of the molecule is CC1(C)CCN(c2ccc(CO)cc2F)CCS1. The lowest BCUT2D eigenvalue weighted by atomic mass is 10.1. The second-order valence-electron chi connectivity index (χ2n) is 5.29. The van der Waals surface area contributed by atoms with Crippen LogP contribution in [0, 0.1) is 5.82 Å². The summed E-state index contributed by atoms with van der Waals surface area (Å²) in [5, 5.41) is 8.99. The number of hydrogen-bond acceptors (Lipinski definition) is 3. The van der Waals surface area contributed by atoms with Crippen molar-refractivity contribution in [2.45, 2.75) is 31.6 Å². The summed E-state index contributed by atoms with van der Waals surface area (Å²) >= 11 is 1.95. The molecule has 0 atom stereocenters. The maximum atomic E-state index is 14.0. The highest BCUT2D eigenvalue weighted by Crippen LogP contribution is 2.33. The molecule has 0 radical (unpaired) electrons. The van der Waals surface area contributed by atoms with Crippen molar-refractivity contribution < 1.29 is 9.50 Å². The Morgan fingerprint density at radius 1 is 1.39 bits per heavy atom. The van der Waals surface area contributed by atoms with Crippen LogP contribution in [-0.2, 0) is 6.61 Å². The van der Waals surface area contributed by atoms with E-state index in [1.54, 1.807) is 12.1 Å². The van der Waals surface area contributed by atoms with Crippen molar-refractivity contribution in [3.63, 3.8) is 0 Å². The molecule has 1 aromatic rings. The number of benzene rings is 1. The van der Waals surface area contributed by atoms with Gasteiger partial charge in [-0.05, 0) is 24.1 Å². The molecule has 1 saturated heterocycles. The molecule has 1 aliphatic rings. The molecule has 1 fully saturated rings. The second-order valence-corrected chi connectivity index (χ2v) is 7.09. The van der Waals surface area contributed by atoms with Gasteiger partial charge in [-0.3, -0.25) is 0 Å². The molecule has 18 heavy (non-hydrogen) atoms. The maximum absolute atomic E-state index is 14.0. The lowest BCUT2D eigenvalue weighted by Gasteiger charge is -2.24. The molecular formula is C14H20FNOS. The van der Waals surface area contributed by atoms with E-state index in [0.29, 0.717) is 11.3 Å². The number of thioether (sulfide) groups is 1. The number of nitrogens with zero attached hydrogens (tertiary/aromatic N) is 1. The van der Waals surface area contributed by atoms with E-state index < -0.39 is 0 Å². The molecule has 2 nitrogen and oxygen atoms in total. The van der Waals surface area contributed by atoms with Gasteiger partial charge in [-0.1, -0.05) is 19.9 Å². The van der Waals surface area contributed by atoms with Gasteiger partial charge in [-0.2, -0.15) is 11.8 Å².